The van der Waals surface area contributed by atoms with E-state index in [1.807, 2.05) is 64.2 Å². The van der Waals surface area contributed by atoms with Gasteiger partial charge in [0.15, 0.2) is 11.8 Å². The topological polar surface area (TPSA) is 62.6 Å². The van der Waals surface area contributed by atoms with Gasteiger partial charge in [-0.25, -0.2) is 0 Å². The molecule has 38 heavy (non-hydrogen) atoms. The number of aromatic nitrogens is 1. The van der Waals surface area contributed by atoms with E-state index < -0.39 is 6.04 Å². The zero-order chi connectivity index (χ0) is 27.0. The number of rotatable bonds is 6. The highest BCUT2D eigenvalue weighted by Crippen LogP contribution is 2.36. The first kappa shape index (κ1) is 26.4. The van der Waals surface area contributed by atoms with Gasteiger partial charge in [0, 0.05) is 70.3 Å². The molecule has 1 aliphatic heterocycles. The molecule has 3 aromatic carbocycles. The Hall–Kier alpha value is -3.23. The van der Waals surface area contributed by atoms with Gasteiger partial charge >= 0.3 is 0 Å². The molecule has 0 saturated carbocycles. The number of carbonyl (C=O) groups excluding carboxylic acids is 3. The first-order valence-electron chi connectivity index (χ1n) is 12.4. The highest BCUT2D eigenvalue weighted by atomic mass is 79.9. The van der Waals surface area contributed by atoms with Gasteiger partial charge in [-0.15, -0.1) is 0 Å². The lowest BCUT2D eigenvalue weighted by atomic mass is 9.98. The lowest BCUT2D eigenvalue weighted by molar-refractivity contribution is -0.130. The number of hydrogen-bond acceptors (Lipinski definition) is 3. The standard InChI is InChI=1S/C30H27Br2N3O3/c1-33(2)30(38)27(28(36)19-7-11-22(31)12-8-19)35-18-25(24-5-3-4-6-26(24)35)21-15-16-34(17-21)29(37)20-9-13-23(32)14-10-20/h3-14,18,21,27H,15-17H2,1-2H3. The minimum atomic E-state index is -1.04. The normalized spacial score (nSPS) is 16.0. The van der Waals surface area contributed by atoms with Crippen LogP contribution in [-0.2, 0) is 4.79 Å². The molecule has 0 aliphatic carbocycles. The Labute approximate surface area is 238 Å². The van der Waals surface area contributed by atoms with E-state index in [-0.39, 0.29) is 23.5 Å². The van der Waals surface area contributed by atoms with Crippen molar-refractivity contribution in [3.63, 3.8) is 0 Å². The van der Waals surface area contributed by atoms with Crippen molar-refractivity contribution in [1.82, 2.24) is 14.4 Å². The summed E-state index contributed by atoms with van der Waals surface area (Å²) in [6, 6.07) is 21.3. The van der Waals surface area contributed by atoms with E-state index >= 15 is 0 Å². The summed E-state index contributed by atoms with van der Waals surface area (Å²) in [7, 11) is 3.33. The number of likely N-dealkylation sites (tertiary alicyclic amines) is 1. The van der Waals surface area contributed by atoms with Crippen LogP contribution < -0.4 is 0 Å². The van der Waals surface area contributed by atoms with Crippen LogP contribution in [0.25, 0.3) is 10.9 Å². The number of fused-ring (bicyclic) bond motifs is 1. The number of halogens is 2. The maximum atomic E-state index is 13.8. The second-order valence-electron chi connectivity index (χ2n) is 9.76. The molecule has 5 rings (SSSR count). The minimum absolute atomic E-state index is 0.00909. The van der Waals surface area contributed by atoms with Gasteiger partial charge in [-0.1, -0.05) is 62.2 Å². The average molecular weight is 637 g/mol. The van der Waals surface area contributed by atoms with Crippen molar-refractivity contribution < 1.29 is 14.4 Å². The number of likely N-dealkylation sites (N-methyl/N-ethyl adjacent to an activating group) is 1. The van der Waals surface area contributed by atoms with E-state index in [2.05, 4.69) is 31.9 Å². The van der Waals surface area contributed by atoms with Crippen LogP contribution >= 0.6 is 31.9 Å². The van der Waals surface area contributed by atoms with E-state index in [9.17, 15) is 14.4 Å². The third kappa shape index (κ3) is 5.07. The van der Waals surface area contributed by atoms with Crippen LogP contribution in [0.3, 0.4) is 0 Å². The molecule has 2 unspecified atom stereocenters. The van der Waals surface area contributed by atoms with Gasteiger partial charge in [0.05, 0.1) is 0 Å². The molecule has 4 aromatic rings. The van der Waals surface area contributed by atoms with Crippen LogP contribution in [0.1, 0.15) is 44.7 Å². The fourth-order valence-corrected chi connectivity index (χ4v) is 5.65. The molecule has 1 fully saturated rings. The zero-order valence-electron chi connectivity index (χ0n) is 21.1. The number of amides is 2. The van der Waals surface area contributed by atoms with Crippen LogP contribution in [0.2, 0.25) is 0 Å². The molecule has 0 N–H and O–H groups in total. The van der Waals surface area contributed by atoms with Crippen molar-refractivity contribution in [2.75, 3.05) is 27.2 Å². The summed E-state index contributed by atoms with van der Waals surface area (Å²) in [4.78, 5) is 43.7. The second kappa shape index (κ2) is 10.9. The predicted molar refractivity (Wildman–Crippen MR) is 156 cm³/mol. The number of para-hydroxylation sites is 1. The van der Waals surface area contributed by atoms with Crippen LogP contribution in [0.5, 0.6) is 0 Å². The summed E-state index contributed by atoms with van der Waals surface area (Å²) >= 11 is 6.84. The molecule has 1 aliphatic rings. The van der Waals surface area contributed by atoms with Gasteiger partial charge in [-0.05, 0) is 54.4 Å². The summed E-state index contributed by atoms with van der Waals surface area (Å²) < 4.78 is 3.61. The molecule has 1 aromatic heterocycles. The maximum Gasteiger partial charge on any atom is 0.253 e. The van der Waals surface area contributed by atoms with Crippen molar-refractivity contribution >= 4 is 60.4 Å². The maximum absolute atomic E-state index is 13.8. The number of carbonyl (C=O) groups is 3. The van der Waals surface area contributed by atoms with Gasteiger partial charge in [0.2, 0.25) is 0 Å². The molecule has 2 amide bonds. The van der Waals surface area contributed by atoms with Crippen molar-refractivity contribution in [2.45, 2.75) is 18.4 Å². The van der Waals surface area contributed by atoms with Crippen LogP contribution in [0, 0.1) is 0 Å². The summed E-state index contributed by atoms with van der Waals surface area (Å²) in [6.07, 6.45) is 2.76. The Morgan fingerprint density at radius 1 is 0.868 bits per heavy atom. The Bertz CT molecular complexity index is 1510. The highest BCUT2D eigenvalue weighted by Gasteiger charge is 2.35. The van der Waals surface area contributed by atoms with Crippen LogP contribution in [0.4, 0.5) is 0 Å². The van der Waals surface area contributed by atoms with Gasteiger partial charge in [0.1, 0.15) is 0 Å². The Balaban J connectivity index is 1.51. The number of ketones is 1. The van der Waals surface area contributed by atoms with Gasteiger partial charge in [-0.3, -0.25) is 14.4 Å². The quantitative estimate of drug-likeness (QED) is 0.184. The third-order valence-corrected chi connectivity index (χ3v) is 8.17. The fourth-order valence-electron chi connectivity index (χ4n) is 5.12. The minimum Gasteiger partial charge on any atom is -0.347 e. The van der Waals surface area contributed by atoms with Gasteiger partial charge in [-0.2, -0.15) is 0 Å². The number of Topliss-reactive ketones (excluding diaryl/α,β-unsaturated/α-hetero) is 1. The average Bonchev–Trinajstić information content (AvgIpc) is 3.55. The lowest BCUT2D eigenvalue weighted by Crippen LogP contribution is -2.36. The van der Waals surface area contributed by atoms with Gasteiger partial charge < -0.3 is 14.4 Å². The second-order valence-corrected chi connectivity index (χ2v) is 11.6. The monoisotopic (exact) mass is 635 g/mol. The molecule has 0 spiro atoms. The number of benzene rings is 3. The first-order chi connectivity index (χ1) is 18.2. The van der Waals surface area contributed by atoms with Crippen molar-refractivity contribution in [3.05, 3.63) is 105 Å². The third-order valence-electron chi connectivity index (χ3n) is 7.11. The van der Waals surface area contributed by atoms with E-state index in [1.165, 1.54) is 4.90 Å². The van der Waals surface area contributed by atoms with Gasteiger partial charge in [0.25, 0.3) is 11.8 Å². The Morgan fingerprint density at radius 3 is 2.11 bits per heavy atom. The Morgan fingerprint density at radius 2 is 1.47 bits per heavy atom. The molecule has 0 radical (unpaired) electrons. The molecule has 0 bridgehead atoms. The predicted octanol–water partition coefficient (Wildman–Crippen LogP) is 6.31. The summed E-state index contributed by atoms with van der Waals surface area (Å²) in [5, 5.41) is 0.996. The largest absolute Gasteiger partial charge is 0.347 e. The lowest BCUT2D eigenvalue weighted by Gasteiger charge is -2.22. The molecule has 1 saturated heterocycles. The smallest absolute Gasteiger partial charge is 0.253 e. The molecule has 6 nitrogen and oxygen atoms in total. The van der Waals surface area contributed by atoms with E-state index in [4.69, 9.17) is 0 Å². The fraction of sp³-hybridized carbons (Fsp3) is 0.233. The van der Waals surface area contributed by atoms with Crippen LogP contribution in [-0.4, -0.2) is 59.1 Å². The highest BCUT2D eigenvalue weighted by molar-refractivity contribution is 9.10. The van der Waals surface area contributed by atoms with Crippen LogP contribution in [0.15, 0.2) is 87.9 Å². The van der Waals surface area contributed by atoms with Crippen molar-refractivity contribution in [2.24, 2.45) is 0 Å². The van der Waals surface area contributed by atoms with Crippen molar-refractivity contribution in [3.8, 4) is 0 Å². The van der Waals surface area contributed by atoms with Crippen molar-refractivity contribution in [1.29, 1.82) is 0 Å². The first-order valence-corrected chi connectivity index (χ1v) is 14.0. The van der Waals surface area contributed by atoms with E-state index in [0.29, 0.717) is 24.2 Å². The SMILES string of the molecule is CN(C)C(=O)C(C(=O)c1ccc(Br)cc1)n1cc(C2CCN(C(=O)c3ccc(Br)cc3)C2)c2ccccc21. The molecular formula is C30H27Br2N3O3. The molecule has 2 atom stereocenters. The molecular weight excluding hydrogens is 610 g/mol. The Kier molecular flexibility index (Phi) is 7.54. The number of nitrogens with zero attached hydrogens (tertiary/aromatic N) is 3. The molecule has 8 heteroatoms. The summed E-state index contributed by atoms with van der Waals surface area (Å²) in [5.41, 5.74) is 3.01. The summed E-state index contributed by atoms with van der Waals surface area (Å²) in [6.45, 7) is 1.23. The zero-order valence-corrected chi connectivity index (χ0v) is 24.3. The molecule has 2 heterocycles. The van der Waals surface area contributed by atoms with E-state index in [0.717, 1.165) is 31.8 Å². The van der Waals surface area contributed by atoms with E-state index in [1.54, 1.807) is 38.4 Å². The molecule has 194 valence electrons. The summed E-state index contributed by atoms with van der Waals surface area (Å²) in [5.74, 6) is -0.445. The number of hydrogen-bond donors (Lipinski definition) is 0.